The largest absolute Gasteiger partial charge is 0.456 e. The topological polar surface area (TPSA) is 33.0 Å². The Bertz CT molecular complexity index is 635. The monoisotopic (exact) mass is 297 g/mol. The van der Waals surface area contributed by atoms with E-state index in [4.69, 9.17) is 44.8 Å². The minimum absolute atomic E-state index is 0.283. The fourth-order valence-electron chi connectivity index (χ4n) is 1.37. The second kappa shape index (κ2) is 5.49. The first-order valence-corrected chi connectivity index (χ1v) is 6.06. The van der Waals surface area contributed by atoms with Gasteiger partial charge in [0.15, 0.2) is 0 Å². The molecule has 0 saturated carbocycles. The summed E-state index contributed by atoms with van der Waals surface area (Å²) in [5.41, 5.74) is 0.283. The molecule has 0 saturated heterocycles. The maximum Gasteiger partial charge on any atom is 0.146 e. The molecule has 2 rings (SSSR count). The standard InChI is InChI=1S/C13H6Cl3NO/c14-10-2-1-3-13(9(10)7-17)18-8-4-5-11(15)12(16)6-8/h1-6H. The van der Waals surface area contributed by atoms with Crippen molar-refractivity contribution in [1.82, 2.24) is 0 Å². The lowest BCUT2D eigenvalue weighted by Crippen LogP contribution is -1.89. The summed E-state index contributed by atoms with van der Waals surface area (Å²) in [6.45, 7) is 0. The molecule has 90 valence electrons. The van der Waals surface area contributed by atoms with Gasteiger partial charge in [0, 0.05) is 6.07 Å². The van der Waals surface area contributed by atoms with Crippen LogP contribution in [-0.2, 0) is 0 Å². The molecule has 2 nitrogen and oxygen atoms in total. The van der Waals surface area contributed by atoms with Crippen LogP contribution in [0.4, 0.5) is 0 Å². The van der Waals surface area contributed by atoms with Crippen LogP contribution in [0.15, 0.2) is 36.4 Å². The molecule has 0 unspecified atom stereocenters. The van der Waals surface area contributed by atoms with Crippen molar-refractivity contribution in [1.29, 1.82) is 5.26 Å². The predicted octanol–water partition coefficient (Wildman–Crippen LogP) is 5.31. The van der Waals surface area contributed by atoms with Gasteiger partial charge in [0.1, 0.15) is 23.1 Å². The van der Waals surface area contributed by atoms with E-state index in [-0.39, 0.29) is 5.56 Å². The van der Waals surface area contributed by atoms with E-state index < -0.39 is 0 Å². The van der Waals surface area contributed by atoms with Crippen LogP contribution >= 0.6 is 34.8 Å². The van der Waals surface area contributed by atoms with Gasteiger partial charge < -0.3 is 4.74 Å². The van der Waals surface area contributed by atoms with Crippen molar-refractivity contribution in [3.05, 3.63) is 57.0 Å². The number of benzene rings is 2. The highest BCUT2D eigenvalue weighted by atomic mass is 35.5. The Morgan fingerprint density at radius 2 is 1.72 bits per heavy atom. The average Bonchev–Trinajstić information content (AvgIpc) is 2.34. The Kier molecular flexibility index (Phi) is 3.98. The van der Waals surface area contributed by atoms with Gasteiger partial charge in [0.05, 0.1) is 15.1 Å². The molecule has 0 fully saturated rings. The lowest BCUT2D eigenvalue weighted by atomic mass is 10.2. The molecule has 2 aromatic carbocycles. The summed E-state index contributed by atoms with van der Waals surface area (Å²) in [6, 6.07) is 11.8. The van der Waals surface area contributed by atoms with Crippen LogP contribution in [0, 0.1) is 11.3 Å². The van der Waals surface area contributed by atoms with E-state index in [0.29, 0.717) is 26.6 Å². The number of halogens is 3. The molecule has 0 aromatic heterocycles. The smallest absolute Gasteiger partial charge is 0.146 e. The molecule has 0 aliphatic heterocycles. The molecule has 5 heteroatoms. The molecular formula is C13H6Cl3NO. The summed E-state index contributed by atoms with van der Waals surface area (Å²) >= 11 is 17.6. The van der Waals surface area contributed by atoms with Crippen LogP contribution in [0.1, 0.15) is 5.56 Å². The number of nitriles is 1. The van der Waals surface area contributed by atoms with Gasteiger partial charge in [-0.25, -0.2) is 0 Å². The van der Waals surface area contributed by atoms with E-state index >= 15 is 0 Å². The van der Waals surface area contributed by atoms with Crippen LogP contribution in [0.3, 0.4) is 0 Å². The maximum atomic E-state index is 9.01. The Balaban J connectivity index is 2.37. The Hall–Kier alpha value is -1.40. The first-order chi connectivity index (χ1) is 8.61. The van der Waals surface area contributed by atoms with Gasteiger partial charge in [0.2, 0.25) is 0 Å². The van der Waals surface area contributed by atoms with Gasteiger partial charge in [0.25, 0.3) is 0 Å². The van der Waals surface area contributed by atoms with Crippen molar-refractivity contribution in [2.75, 3.05) is 0 Å². The van der Waals surface area contributed by atoms with Gasteiger partial charge in [-0.1, -0.05) is 40.9 Å². The van der Waals surface area contributed by atoms with Crippen molar-refractivity contribution in [2.45, 2.75) is 0 Å². The zero-order valence-electron chi connectivity index (χ0n) is 8.95. The second-order valence-corrected chi connectivity index (χ2v) is 4.62. The van der Waals surface area contributed by atoms with E-state index in [1.165, 1.54) is 0 Å². The summed E-state index contributed by atoms with van der Waals surface area (Å²) < 4.78 is 5.57. The van der Waals surface area contributed by atoms with Gasteiger partial charge in [-0.2, -0.15) is 5.26 Å². The van der Waals surface area contributed by atoms with Crippen LogP contribution in [0.25, 0.3) is 0 Å². The zero-order chi connectivity index (χ0) is 13.1. The lowest BCUT2D eigenvalue weighted by Gasteiger charge is -2.08. The van der Waals surface area contributed by atoms with Crippen molar-refractivity contribution in [3.63, 3.8) is 0 Å². The van der Waals surface area contributed by atoms with E-state index in [2.05, 4.69) is 0 Å². The highest BCUT2D eigenvalue weighted by Gasteiger charge is 2.09. The minimum atomic E-state index is 0.283. The fraction of sp³-hybridized carbons (Fsp3) is 0. The van der Waals surface area contributed by atoms with E-state index in [9.17, 15) is 0 Å². The van der Waals surface area contributed by atoms with Crippen molar-refractivity contribution >= 4 is 34.8 Å². The van der Waals surface area contributed by atoms with E-state index in [1.54, 1.807) is 36.4 Å². The highest BCUT2D eigenvalue weighted by Crippen LogP contribution is 2.32. The van der Waals surface area contributed by atoms with Crippen molar-refractivity contribution in [3.8, 4) is 17.6 Å². The molecule has 0 bridgehead atoms. The summed E-state index contributed by atoms with van der Waals surface area (Å²) in [4.78, 5) is 0. The third kappa shape index (κ3) is 2.70. The van der Waals surface area contributed by atoms with Crippen LogP contribution in [-0.4, -0.2) is 0 Å². The predicted molar refractivity (Wildman–Crippen MR) is 72.7 cm³/mol. The summed E-state index contributed by atoms with van der Waals surface area (Å²) in [5, 5.41) is 10.2. The Morgan fingerprint density at radius 3 is 2.39 bits per heavy atom. The molecule has 0 heterocycles. The molecule has 0 spiro atoms. The molecule has 0 aliphatic rings. The van der Waals surface area contributed by atoms with Crippen LogP contribution < -0.4 is 4.74 Å². The molecule has 0 amide bonds. The normalized spacial score (nSPS) is 9.89. The molecule has 0 atom stereocenters. The number of hydrogen-bond donors (Lipinski definition) is 0. The van der Waals surface area contributed by atoms with Crippen molar-refractivity contribution in [2.24, 2.45) is 0 Å². The highest BCUT2D eigenvalue weighted by molar-refractivity contribution is 6.42. The van der Waals surface area contributed by atoms with Crippen molar-refractivity contribution < 1.29 is 4.74 Å². The third-order valence-electron chi connectivity index (χ3n) is 2.21. The lowest BCUT2D eigenvalue weighted by molar-refractivity contribution is 0.481. The number of hydrogen-bond acceptors (Lipinski definition) is 2. The van der Waals surface area contributed by atoms with Gasteiger partial charge in [-0.15, -0.1) is 0 Å². The molecule has 0 radical (unpaired) electrons. The molecule has 2 aromatic rings. The quantitative estimate of drug-likeness (QED) is 0.752. The second-order valence-electron chi connectivity index (χ2n) is 3.40. The maximum absolute atomic E-state index is 9.01. The number of ether oxygens (including phenoxy) is 1. The Labute approximate surface area is 119 Å². The van der Waals surface area contributed by atoms with Crippen LogP contribution in [0.2, 0.25) is 15.1 Å². The molecule has 0 aliphatic carbocycles. The first-order valence-electron chi connectivity index (χ1n) is 4.93. The minimum Gasteiger partial charge on any atom is -0.456 e. The van der Waals surface area contributed by atoms with Gasteiger partial charge >= 0.3 is 0 Å². The first kappa shape index (κ1) is 13.0. The summed E-state index contributed by atoms with van der Waals surface area (Å²) in [5.74, 6) is 0.867. The molecule has 18 heavy (non-hydrogen) atoms. The third-order valence-corrected chi connectivity index (χ3v) is 3.26. The van der Waals surface area contributed by atoms with E-state index in [1.807, 2.05) is 6.07 Å². The zero-order valence-corrected chi connectivity index (χ0v) is 11.2. The summed E-state index contributed by atoms with van der Waals surface area (Å²) in [6.07, 6.45) is 0. The number of rotatable bonds is 2. The molecular weight excluding hydrogens is 293 g/mol. The van der Waals surface area contributed by atoms with E-state index in [0.717, 1.165) is 0 Å². The van der Waals surface area contributed by atoms with Crippen LogP contribution in [0.5, 0.6) is 11.5 Å². The average molecular weight is 299 g/mol. The summed E-state index contributed by atoms with van der Waals surface area (Å²) in [7, 11) is 0. The number of nitrogens with zero attached hydrogens (tertiary/aromatic N) is 1. The fourth-order valence-corrected chi connectivity index (χ4v) is 1.86. The Morgan fingerprint density at radius 1 is 0.944 bits per heavy atom. The van der Waals surface area contributed by atoms with Gasteiger partial charge in [-0.3, -0.25) is 0 Å². The molecule has 0 N–H and O–H groups in total. The SMILES string of the molecule is N#Cc1c(Cl)cccc1Oc1ccc(Cl)c(Cl)c1. The van der Waals surface area contributed by atoms with Gasteiger partial charge in [-0.05, 0) is 24.3 Å².